The van der Waals surface area contributed by atoms with Gasteiger partial charge in [-0.1, -0.05) is 29.8 Å². The summed E-state index contributed by atoms with van der Waals surface area (Å²) < 4.78 is 6.80. The summed E-state index contributed by atoms with van der Waals surface area (Å²) in [6.45, 7) is 3.11. The maximum atomic E-state index is 5.66. The third kappa shape index (κ3) is 2.53. The monoisotopic (exact) mass is 284 g/mol. The molecular weight excluding hydrogens is 268 g/mol. The normalized spacial score (nSPS) is 10.9. The summed E-state index contributed by atoms with van der Waals surface area (Å²) in [5, 5.41) is 1.02. The van der Waals surface area contributed by atoms with Crippen molar-refractivity contribution in [3.63, 3.8) is 0 Å². The molecule has 2 aromatic carbocycles. The Bertz CT molecular complexity index is 736. The summed E-state index contributed by atoms with van der Waals surface area (Å²) in [7, 11) is 0. The van der Waals surface area contributed by atoms with E-state index in [1.165, 1.54) is 5.56 Å². The molecule has 3 nitrogen and oxygen atoms in total. The molecule has 1 heterocycles. The molecule has 0 aliphatic rings. The minimum Gasteiger partial charge on any atom is -0.490 e. The second-order valence-electron chi connectivity index (χ2n) is 4.63. The van der Waals surface area contributed by atoms with Crippen molar-refractivity contribution in [1.29, 1.82) is 0 Å². The first-order valence-corrected chi connectivity index (χ1v) is 7.39. The highest BCUT2D eigenvalue weighted by Crippen LogP contribution is 2.34. The molecule has 0 saturated heterocycles. The predicted octanol–water partition coefficient (Wildman–Crippen LogP) is 3.61. The van der Waals surface area contributed by atoms with Crippen LogP contribution in [0.1, 0.15) is 5.56 Å². The van der Waals surface area contributed by atoms with Crippen molar-refractivity contribution in [2.75, 3.05) is 13.2 Å². The van der Waals surface area contributed by atoms with Gasteiger partial charge in [0.15, 0.2) is 0 Å². The lowest BCUT2D eigenvalue weighted by molar-refractivity contribution is 0.331. The standard InChI is InChI=1S/C16H16N2OS/c1-11-4-2-5-12(10-11)16-18-15-13(19-9-8-17)6-3-7-14(15)20-16/h2-7,10H,8-9,17H2,1H3. The molecule has 0 bridgehead atoms. The molecule has 0 radical (unpaired) electrons. The number of thiazole rings is 1. The van der Waals surface area contributed by atoms with E-state index in [0.29, 0.717) is 13.2 Å². The average Bonchev–Trinajstić information content (AvgIpc) is 2.89. The minimum absolute atomic E-state index is 0.505. The van der Waals surface area contributed by atoms with Crippen LogP contribution in [0.15, 0.2) is 42.5 Å². The average molecular weight is 284 g/mol. The number of para-hydroxylation sites is 1. The fourth-order valence-corrected chi connectivity index (χ4v) is 3.09. The van der Waals surface area contributed by atoms with Gasteiger partial charge in [-0.15, -0.1) is 11.3 Å². The van der Waals surface area contributed by atoms with Gasteiger partial charge in [0.1, 0.15) is 22.9 Å². The maximum Gasteiger partial charge on any atom is 0.146 e. The van der Waals surface area contributed by atoms with Gasteiger partial charge < -0.3 is 10.5 Å². The number of fused-ring (bicyclic) bond motifs is 1. The van der Waals surface area contributed by atoms with Crippen LogP contribution in [0.3, 0.4) is 0 Å². The van der Waals surface area contributed by atoms with Crippen LogP contribution in [0.5, 0.6) is 5.75 Å². The lowest BCUT2D eigenvalue weighted by Gasteiger charge is -2.04. The smallest absolute Gasteiger partial charge is 0.146 e. The number of hydrogen-bond acceptors (Lipinski definition) is 4. The van der Waals surface area contributed by atoms with Gasteiger partial charge in [0, 0.05) is 12.1 Å². The summed E-state index contributed by atoms with van der Waals surface area (Å²) in [5.41, 5.74) is 8.80. The van der Waals surface area contributed by atoms with E-state index in [-0.39, 0.29) is 0 Å². The number of aromatic nitrogens is 1. The third-order valence-corrected chi connectivity index (χ3v) is 4.09. The highest BCUT2D eigenvalue weighted by molar-refractivity contribution is 7.21. The van der Waals surface area contributed by atoms with E-state index < -0.39 is 0 Å². The molecule has 3 rings (SSSR count). The van der Waals surface area contributed by atoms with Crippen LogP contribution in [0.25, 0.3) is 20.8 Å². The van der Waals surface area contributed by atoms with Crippen LogP contribution in [0, 0.1) is 6.92 Å². The molecule has 0 saturated carbocycles. The molecule has 3 aromatic rings. The quantitative estimate of drug-likeness (QED) is 0.796. The van der Waals surface area contributed by atoms with Gasteiger partial charge in [-0.25, -0.2) is 4.98 Å². The highest BCUT2D eigenvalue weighted by Gasteiger charge is 2.10. The number of nitrogens with zero attached hydrogens (tertiary/aromatic N) is 1. The molecule has 0 spiro atoms. The van der Waals surface area contributed by atoms with E-state index in [1.54, 1.807) is 11.3 Å². The molecular formula is C16H16N2OS. The lowest BCUT2D eigenvalue weighted by Crippen LogP contribution is -2.10. The number of nitrogens with two attached hydrogens (primary N) is 1. The molecule has 4 heteroatoms. The van der Waals surface area contributed by atoms with E-state index >= 15 is 0 Å². The molecule has 0 amide bonds. The Kier molecular flexibility index (Phi) is 3.67. The van der Waals surface area contributed by atoms with Crippen LogP contribution < -0.4 is 10.5 Å². The SMILES string of the molecule is Cc1cccc(-c2nc3c(OCCN)cccc3s2)c1. The first-order chi connectivity index (χ1) is 9.78. The molecule has 20 heavy (non-hydrogen) atoms. The van der Waals surface area contributed by atoms with Gasteiger partial charge >= 0.3 is 0 Å². The second kappa shape index (κ2) is 5.61. The molecule has 0 aliphatic carbocycles. The van der Waals surface area contributed by atoms with Crippen molar-refractivity contribution in [2.24, 2.45) is 5.73 Å². The first kappa shape index (κ1) is 13.1. The number of benzene rings is 2. The summed E-state index contributed by atoms with van der Waals surface area (Å²) in [5.74, 6) is 0.808. The third-order valence-electron chi connectivity index (χ3n) is 3.02. The topological polar surface area (TPSA) is 48.1 Å². The van der Waals surface area contributed by atoms with Crippen molar-refractivity contribution in [3.8, 4) is 16.3 Å². The zero-order valence-corrected chi connectivity index (χ0v) is 12.1. The van der Waals surface area contributed by atoms with E-state index in [4.69, 9.17) is 15.5 Å². The fourth-order valence-electron chi connectivity index (χ4n) is 2.11. The van der Waals surface area contributed by atoms with Crippen molar-refractivity contribution >= 4 is 21.6 Å². The van der Waals surface area contributed by atoms with Gasteiger partial charge in [-0.05, 0) is 25.1 Å². The Balaban J connectivity index is 2.06. The summed E-state index contributed by atoms with van der Waals surface area (Å²) in [4.78, 5) is 4.73. The van der Waals surface area contributed by atoms with Crippen molar-refractivity contribution < 1.29 is 4.74 Å². The van der Waals surface area contributed by atoms with E-state index in [1.807, 2.05) is 12.1 Å². The number of rotatable bonds is 4. The van der Waals surface area contributed by atoms with Crippen molar-refractivity contribution in [3.05, 3.63) is 48.0 Å². The van der Waals surface area contributed by atoms with Crippen LogP contribution in [-0.2, 0) is 0 Å². The van der Waals surface area contributed by atoms with Crippen LogP contribution >= 0.6 is 11.3 Å². The Hall–Kier alpha value is -1.91. The molecule has 102 valence electrons. The van der Waals surface area contributed by atoms with Crippen LogP contribution in [0.4, 0.5) is 0 Å². The van der Waals surface area contributed by atoms with Crippen molar-refractivity contribution in [1.82, 2.24) is 4.98 Å². The van der Waals surface area contributed by atoms with Crippen molar-refractivity contribution in [2.45, 2.75) is 6.92 Å². The minimum atomic E-state index is 0.505. The predicted molar refractivity (Wildman–Crippen MR) is 84.3 cm³/mol. The molecule has 0 unspecified atom stereocenters. The number of aryl methyl sites for hydroxylation is 1. The summed E-state index contributed by atoms with van der Waals surface area (Å²) >= 11 is 1.68. The van der Waals surface area contributed by atoms with Gasteiger partial charge in [0.05, 0.1) is 4.70 Å². The highest BCUT2D eigenvalue weighted by atomic mass is 32.1. The maximum absolute atomic E-state index is 5.66. The molecule has 0 fully saturated rings. The lowest BCUT2D eigenvalue weighted by atomic mass is 10.1. The van der Waals surface area contributed by atoms with Gasteiger partial charge in [-0.3, -0.25) is 0 Å². The molecule has 1 aromatic heterocycles. The first-order valence-electron chi connectivity index (χ1n) is 6.57. The Morgan fingerprint density at radius 3 is 2.85 bits per heavy atom. The van der Waals surface area contributed by atoms with Gasteiger partial charge in [0.2, 0.25) is 0 Å². The molecule has 0 atom stereocenters. The zero-order valence-electron chi connectivity index (χ0n) is 11.3. The Morgan fingerprint density at radius 1 is 1.20 bits per heavy atom. The van der Waals surface area contributed by atoms with Gasteiger partial charge in [0.25, 0.3) is 0 Å². The Labute approximate surface area is 122 Å². The van der Waals surface area contributed by atoms with E-state index in [2.05, 4.69) is 37.3 Å². The number of hydrogen-bond donors (Lipinski definition) is 1. The summed E-state index contributed by atoms with van der Waals surface area (Å²) in [6, 6.07) is 14.4. The molecule has 0 aliphatic heterocycles. The van der Waals surface area contributed by atoms with E-state index in [9.17, 15) is 0 Å². The van der Waals surface area contributed by atoms with Crippen LogP contribution in [-0.4, -0.2) is 18.1 Å². The largest absolute Gasteiger partial charge is 0.490 e. The Morgan fingerprint density at radius 2 is 2.05 bits per heavy atom. The summed E-state index contributed by atoms with van der Waals surface area (Å²) in [6.07, 6.45) is 0. The second-order valence-corrected chi connectivity index (χ2v) is 5.66. The molecule has 2 N–H and O–H groups in total. The number of ether oxygens (including phenoxy) is 1. The van der Waals surface area contributed by atoms with Gasteiger partial charge in [-0.2, -0.15) is 0 Å². The van der Waals surface area contributed by atoms with Crippen LogP contribution in [0.2, 0.25) is 0 Å². The van der Waals surface area contributed by atoms with E-state index in [0.717, 1.165) is 26.5 Å². The zero-order chi connectivity index (χ0) is 13.9. The fraction of sp³-hybridized carbons (Fsp3) is 0.188.